The first-order valence-electron chi connectivity index (χ1n) is 12.8. The Labute approximate surface area is 231 Å². The highest BCUT2D eigenvalue weighted by molar-refractivity contribution is 8.00. The summed E-state index contributed by atoms with van der Waals surface area (Å²) in [6.45, 7) is 8.28. The van der Waals surface area contributed by atoms with Gasteiger partial charge in [0.05, 0.1) is 35.2 Å². The van der Waals surface area contributed by atoms with Gasteiger partial charge >= 0.3 is 0 Å². The maximum Gasteiger partial charge on any atom is 0.240 e. The molecule has 1 atom stereocenters. The Bertz CT molecular complexity index is 1490. The predicted molar refractivity (Wildman–Crippen MR) is 151 cm³/mol. The minimum Gasteiger partial charge on any atom is -0.467 e. The molecule has 0 spiro atoms. The van der Waals surface area contributed by atoms with Crippen molar-refractivity contribution < 1.29 is 18.4 Å². The van der Waals surface area contributed by atoms with E-state index < -0.39 is 0 Å². The Hall–Kier alpha value is -3.85. The van der Waals surface area contributed by atoms with Crippen molar-refractivity contribution in [1.82, 2.24) is 15.1 Å². The fourth-order valence-electron chi connectivity index (χ4n) is 4.74. The van der Waals surface area contributed by atoms with Gasteiger partial charge in [-0.1, -0.05) is 51.1 Å². The number of aryl methyl sites for hydroxylation is 1. The minimum atomic E-state index is -0.378. The van der Waals surface area contributed by atoms with Crippen LogP contribution in [-0.4, -0.2) is 33.9 Å². The predicted octanol–water partition coefficient (Wildman–Crippen LogP) is 5.70. The van der Waals surface area contributed by atoms with Crippen LogP contribution in [0.15, 0.2) is 71.3 Å². The number of rotatable bonds is 6. The number of para-hydroxylation sites is 1. The molecule has 1 N–H and O–H groups in total. The Kier molecular flexibility index (Phi) is 7.36. The molecule has 0 fully saturated rings. The summed E-state index contributed by atoms with van der Waals surface area (Å²) in [7, 11) is 0. The van der Waals surface area contributed by atoms with E-state index in [9.17, 15) is 14.0 Å². The van der Waals surface area contributed by atoms with E-state index >= 15 is 0 Å². The summed E-state index contributed by atoms with van der Waals surface area (Å²) >= 11 is 1.47. The average Bonchev–Trinajstić information content (AvgIpc) is 3.53. The molecule has 0 saturated carbocycles. The highest BCUT2D eigenvalue weighted by Gasteiger charge is 2.40. The van der Waals surface area contributed by atoms with Crippen LogP contribution in [-0.2, 0) is 21.5 Å². The van der Waals surface area contributed by atoms with Crippen LogP contribution in [0, 0.1) is 12.7 Å². The number of furan rings is 1. The first kappa shape index (κ1) is 26.7. The van der Waals surface area contributed by atoms with Crippen LogP contribution in [0.3, 0.4) is 0 Å². The lowest BCUT2D eigenvalue weighted by molar-refractivity contribution is -0.123. The van der Waals surface area contributed by atoms with Crippen LogP contribution in [0.1, 0.15) is 54.2 Å². The van der Waals surface area contributed by atoms with Gasteiger partial charge in [0, 0.05) is 11.0 Å². The summed E-state index contributed by atoms with van der Waals surface area (Å²) in [5.74, 6) is 0.500. The van der Waals surface area contributed by atoms with E-state index in [1.807, 2.05) is 31.2 Å². The smallest absolute Gasteiger partial charge is 0.240 e. The normalized spacial score (nSPS) is 15.7. The van der Waals surface area contributed by atoms with E-state index in [0.29, 0.717) is 11.6 Å². The Balaban J connectivity index is 1.68. The molecule has 0 saturated heterocycles. The maximum absolute atomic E-state index is 13.9. The molecule has 0 bridgehead atoms. The van der Waals surface area contributed by atoms with Crippen LogP contribution < -0.4 is 10.2 Å². The molecule has 202 valence electrons. The maximum atomic E-state index is 13.9. The van der Waals surface area contributed by atoms with Gasteiger partial charge in [-0.25, -0.2) is 9.07 Å². The molecule has 1 aliphatic heterocycles. The lowest BCUT2D eigenvalue weighted by atomic mass is 9.87. The van der Waals surface area contributed by atoms with Crippen LogP contribution in [0.5, 0.6) is 0 Å². The van der Waals surface area contributed by atoms with Gasteiger partial charge in [-0.15, -0.1) is 11.8 Å². The van der Waals surface area contributed by atoms with E-state index in [1.165, 1.54) is 28.8 Å². The first-order chi connectivity index (χ1) is 18.6. The van der Waals surface area contributed by atoms with Gasteiger partial charge in [0.25, 0.3) is 0 Å². The zero-order valence-electron chi connectivity index (χ0n) is 22.4. The molecule has 1 unspecified atom stereocenters. The van der Waals surface area contributed by atoms with Crippen LogP contribution in [0.25, 0.3) is 5.69 Å². The monoisotopic (exact) mass is 546 g/mol. The number of hydrogen-bond acceptors (Lipinski definition) is 5. The van der Waals surface area contributed by atoms with E-state index in [0.717, 1.165) is 28.1 Å². The van der Waals surface area contributed by atoms with Gasteiger partial charge in [0.15, 0.2) is 0 Å². The fourth-order valence-corrected chi connectivity index (χ4v) is 5.94. The molecule has 39 heavy (non-hydrogen) atoms. The van der Waals surface area contributed by atoms with Crippen molar-refractivity contribution in [2.24, 2.45) is 0 Å². The molecule has 5 rings (SSSR count). The first-order valence-corrected chi connectivity index (χ1v) is 13.8. The number of hydrogen-bond donors (Lipinski definition) is 1. The van der Waals surface area contributed by atoms with E-state index in [4.69, 9.17) is 9.52 Å². The molecule has 2 aromatic heterocycles. The molecule has 0 aliphatic carbocycles. The third-order valence-electron chi connectivity index (χ3n) is 6.66. The third kappa shape index (κ3) is 5.49. The third-order valence-corrected chi connectivity index (χ3v) is 7.91. The molecule has 9 heteroatoms. The number of fused-ring (bicyclic) bond motifs is 1. The Morgan fingerprint density at radius 1 is 1.13 bits per heavy atom. The van der Waals surface area contributed by atoms with Crippen LogP contribution in [0.2, 0.25) is 0 Å². The molecule has 4 aromatic rings. The number of halogens is 1. The number of carbonyl (C=O) groups excluding carboxylic acids is 2. The van der Waals surface area contributed by atoms with E-state index in [2.05, 4.69) is 26.1 Å². The lowest BCUT2D eigenvalue weighted by Gasteiger charge is -2.24. The molecule has 3 heterocycles. The zero-order chi connectivity index (χ0) is 27.7. The van der Waals surface area contributed by atoms with E-state index in [-0.39, 0.29) is 47.1 Å². The number of carbonyl (C=O) groups is 2. The zero-order valence-corrected chi connectivity index (χ0v) is 23.2. The van der Waals surface area contributed by atoms with Crippen LogP contribution in [0.4, 0.5) is 10.2 Å². The lowest BCUT2D eigenvalue weighted by Crippen LogP contribution is -2.42. The second kappa shape index (κ2) is 10.7. The average molecular weight is 547 g/mol. The fraction of sp³-hybridized carbons (Fsp3) is 0.300. The summed E-state index contributed by atoms with van der Waals surface area (Å²) in [6, 6.07) is 17.7. The second-order valence-corrected chi connectivity index (χ2v) is 11.7. The SMILES string of the molecule is Cc1ccccc1-n1nc(C(C)(C)C)c2c1N(CC(=O)NCc1ccco1)C(=O)CSC2c1ccc(F)cc1. The summed E-state index contributed by atoms with van der Waals surface area (Å²) in [4.78, 5) is 28.4. The Morgan fingerprint density at radius 3 is 2.54 bits per heavy atom. The number of amides is 2. The minimum absolute atomic E-state index is 0.152. The topological polar surface area (TPSA) is 80.4 Å². The van der Waals surface area contributed by atoms with E-state index in [1.54, 1.807) is 35.2 Å². The molecular formula is C30H31FN4O3S. The number of nitrogens with zero attached hydrogens (tertiary/aromatic N) is 3. The summed E-state index contributed by atoms with van der Waals surface area (Å²) in [5.41, 5.74) is 3.97. The molecule has 1 aliphatic rings. The highest BCUT2D eigenvalue weighted by atomic mass is 32.2. The van der Waals surface area contributed by atoms with Gasteiger partial charge in [0.1, 0.15) is 23.9 Å². The van der Waals surface area contributed by atoms with Gasteiger partial charge in [-0.2, -0.15) is 5.10 Å². The van der Waals surface area contributed by atoms with Gasteiger partial charge < -0.3 is 9.73 Å². The van der Waals surface area contributed by atoms with Gasteiger partial charge in [-0.3, -0.25) is 14.5 Å². The molecule has 7 nitrogen and oxygen atoms in total. The highest BCUT2D eigenvalue weighted by Crippen LogP contribution is 2.48. The van der Waals surface area contributed by atoms with Gasteiger partial charge in [0.2, 0.25) is 11.8 Å². The van der Waals surface area contributed by atoms with Crippen molar-refractivity contribution in [2.45, 2.75) is 44.9 Å². The number of nitrogens with one attached hydrogen (secondary N) is 1. The molecule has 2 amide bonds. The largest absolute Gasteiger partial charge is 0.467 e. The summed E-state index contributed by atoms with van der Waals surface area (Å²) in [6.07, 6.45) is 1.55. The van der Waals surface area contributed by atoms with Gasteiger partial charge in [-0.05, 0) is 48.4 Å². The van der Waals surface area contributed by atoms with Crippen molar-refractivity contribution in [3.8, 4) is 5.69 Å². The summed E-state index contributed by atoms with van der Waals surface area (Å²) in [5, 5.41) is 7.67. The quantitative estimate of drug-likeness (QED) is 0.336. The standard InChI is InChI=1S/C30H31FN4O3S/c1-19-8-5-6-10-23(19)35-29-26(28(33-35)30(2,3)4)27(20-11-13-21(31)14-12-20)39-18-25(37)34(29)17-24(36)32-16-22-9-7-15-38-22/h5-15,27H,16-18H2,1-4H3,(H,32,36). The van der Waals surface area contributed by atoms with Crippen molar-refractivity contribution >= 4 is 29.4 Å². The molecule has 2 aromatic carbocycles. The van der Waals surface area contributed by atoms with Crippen molar-refractivity contribution in [2.75, 3.05) is 17.2 Å². The number of anilines is 1. The summed E-state index contributed by atoms with van der Waals surface area (Å²) < 4.78 is 21.0. The second-order valence-electron chi connectivity index (χ2n) is 10.6. The van der Waals surface area contributed by atoms with Crippen molar-refractivity contribution in [3.05, 3.63) is 101 Å². The molecule has 0 radical (unpaired) electrons. The van der Waals surface area contributed by atoms with Crippen molar-refractivity contribution in [3.63, 3.8) is 0 Å². The van der Waals surface area contributed by atoms with Crippen LogP contribution >= 0.6 is 11.8 Å². The number of benzene rings is 2. The molecular weight excluding hydrogens is 515 g/mol. The van der Waals surface area contributed by atoms with Crippen molar-refractivity contribution in [1.29, 1.82) is 0 Å². The number of aromatic nitrogens is 2. The Morgan fingerprint density at radius 2 is 1.87 bits per heavy atom. The number of thioether (sulfide) groups is 1.